The molecule has 0 saturated carbocycles. The van der Waals surface area contributed by atoms with E-state index in [0.29, 0.717) is 12.1 Å². The number of aromatic amines is 1. The van der Waals surface area contributed by atoms with Crippen LogP contribution in [-0.2, 0) is 17.6 Å². The first-order valence-corrected chi connectivity index (χ1v) is 9.98. The van der Waals surface area contributed by atoms with Crippen LogP contribution >= 0.6 is 0 Å². The maximum Gasteiger partial charge on any atom is 0.253 e. The third kappa shape index (κ3) is 2.74. The van der Waals surface area contributed by atoms with E-state index in [0.717, 1.165) is 50.0 Å². The van der Waals surface area contributed by atoms with Crippen LogP contribution in [0.3, 0.4) is 0 Å². The van der Waals surface area contributed by atoms with Gasteiger partial charge >= 0.3 is 0 Å². The molecule has 5 heteroatoms. The van der Waals surface area contributed by atoms with Crippen LogP contribution in [0.2, 0.25) is 0 Å². The van der Waals surface area contributed by atoms with Gasteiger partial charge < -0.3 is 15.0 Å². The number of nitrogens with one attached hydrogen (secondary N) is 2. The topological polar surface area (TPSA) is 57.4 Å². The van der Waals surface area contributed by atoms with Crippen molar-refractivity contribution in [2.45, 2.75) is 57.2 Å². The Hall–Kier alpha value is -1.85. The van der Waals surface area contributed by atoms with Gasteiger partial charge in [-0.1, -0.05) is 12.1 Å². The highest BCUT2D eigenvalue weighted by Gasteiger charge is 2.37. The highest BCUT2D eigenvalue weighted by molar-refractivity contribution is 6.07. The van der Waals surface area contributed by atoms with Gasteiger partial charge in [-0.05, 0) is 50.7 Å². The summed E-state index contributed by atoms with van der Waals surface area (Å²) in [5, 5.41) is 4.52. The summed E-state index contributed by atoms with van der Waals surface area (Å²) in [5.41, 5.74) is 4.55. The Morgan fingerprint density at radius 3 is 3.08 bits per heavy atom. The van der Waals surface area contributed by atoms with Crippen molar-refractivity contribution in [3.63, 3.8) is 0 Å². The second-order valence-corrected chi connectivity index (χ2v) is 8.18. The molecule has 1 aliphatic carbocycles. The number of H-pyrrole nitrogens is 1. The molecule has 0 spiro atoms. The largest absolute Gasteiger partial charge is 0.376 e. The maximum absolute atomic E-state index is 13.0. The minimum atomic E-state index is 0.0491. The molecule has 1 amide bonds. The number of morpholine rings is 1. The Bertz CT molecular complexity index is 843. The zero-order valence-corrected chi connectivity index (χ0v) is 15.4. The Labute approximate surface area is 154 Å². The van der Waals surface area contributed by atoms with Gasteiger partial charge in [0.25, 0.3) is 5.91 Å². The first-order chi connectivity index (χ1) is 12.7. The van der Waals surface area contributed by atoms with Crippen molar-refractivity contribution < 1.29 is 9.53 Å². The molecule has 1 aromatic carbocycles. The molecule has 2 saturated heterocycles. The minimum absolute atomic E-state index is 0.0491. The Morgan fingerprint density at radius 1 is 1.27 bits per heavy atom. The Morgan fingerprint density at radius 2 is 2.15 bits per heavy atom. The van der Waals surface area contributed by atoms with Crippen molar-refractivity contribution in [1.29, 1.82) is 0 Å². The van der Waals surface area contributed by atoms with Crippen LogP contribution in [0.4, 0.5) is 0 Å². The van der Waals surface area contributed by atoms with Gasteiger partial charge in [-0.15, -0.1) is 0 Å². The number of carbonyl (C=O) groups excluding carboxylic acids is 1. The summed E-state index contributed by atoms with van der Waals surface area (Å²) in [4.78, 5) is 19.0. The lowest BCUT2D eigenvalue weighted by Gasteiger charge is -2.33. The summed E-state index contributed by atoms with van der Waals surface area (Å²) in [5.74, 6) is 0.0491. The van der Waals surface area contributed by atoms with E-state index in [1.165, 1.54) is 29.5 Å². The lowest BCUT2D eigenvalue weighted by molar-refractivity contribution is -0.0390. The zero-order valence-electron chi connectivity index (χ0n) is 15.4. The predicted molar refractivity (Wildman–Crippen MR) is 102 cm³/mol. The number of rotatable bonds is 2. The molecule has 3 atom stereocenters. The number of aryl methyl sites for hydroxylation is 2. The normalized spacial score (nSPS) is 28.7. The molecule has 0 radical (unpaired) electrons. The number of hydrogen-bond acceptors (Lipinski definition) is 3. The molecule has 2 aliphatic heterocycles. The van der Waals surface area contributed by atoms with E-state index in [9.17, 15) is 4.79 Å². The van der Waals surface area contributed by atoms with Crippen LogP contribution in [0, 0.1) is 0 Å². The molecule has 5 nitrogen and oxygen atoms in total. The quantitative estimate of drug-likeness (QED) is 0.873. The van der Waals surface area contributed by atoms with Gasteiger partial charge in [-0.2, -0.15) is 0 Å². The van der Waals surface area contributed by atoms with Crippen molar-refractivity contribution >= 4 is 16.8 Å². The standard InChI is InChI=1S/C21H27N3O2/c1-13-10-24-11-14(9-15(24)12-26-13)22-21(25)18-7-4-6-17-16-5-2-3-8-19(16)23-20(17)18/h4,6-7,13-15,23H,2-3,5,8-12H2,1H3,(H,22,25)/t13-,14+,15+/m1/s1. The highest BCUT2D eigenvalue weighted by atomic mass is 16.5. The van der Waals surface area contributed by atoms with Crippen LogP contribution in [0.15, 0.2) is 18.2 Å². The molecule has 0 bridgehead atoms. The van der Waals surface area contributed by atoms with E-state index >= 15 is 0 Å². The van der Waals surface area contributed by atoms with E-state index in [4.69, 9.17) is 4.74 Å². The third-order valence-electron chi connectivity index (χ3n) is 6.31. The van der Waals surface area contributed by atoms with Crippen LogP contribution in [0.5, 0.6) is 0 Å². The average Bonchev–Trinajstić information content (AvgIpc) is 3.21. The minimum Gasteiger partial charge on any atom is -0.376 e. The molecule has 3 aliphatic rings. The van der Waals surface area contributed by atoms with Gasteiger partial charge in [0, 0.05) is 36.3 Å². The zero-order chi connectivity index (χ0) is 17.7. The van der Waals surface area contributed by atoms with Gasteiger partial charge in [0.1, 0.15) is 0 Å². The molecule has 3 heterocycles. The summed E-state index contributed by atoms with van der Waals surface area (Å²) in [6.07, 6.45) is 5.98. The SMILES string of the molecule is C[C@@H]1CN2C[C@@H](NC(=O)c3cccc4c5c([nH]c34)CCCC5)C[C@H]2CO1. The summed E-state index contributed by atoms with van der Waals surface area (Å²) >= 11 is 0. The lowest BCUT2D eigenvalue weighted by Crippen LogP contribution is -2.45. The molecule has 2 fully saturated rings. The van der Waals surface area contributed by atoms with Crippen LogP contribution in [0.1, 0.15) is 47.8 Å². The predicted octanol–water partition coefficient (Wildman–Crippen LogP) is 2.64. The monoisotopic (exact) mass is 353 g/mol. The number of fused-ring (bicyclic) bond motifs is 4. The molecule has 1 aromatic heterocycles. The fourth-order valence-corrected chi connectivity index (χ4v) is 5.03. The van der Waals surface area contributed by atoms with Crippen LogP contribution in [-0.4, -0.2) is 53.7 Å². The number of para-hydroxylation sites is 1. The average molecular weight is 353 g/mol. The fraction of sp³-hybridized carbons (Fsp3) is 0.571. The van der Waals surface area contributed by atoms with Gasteiger partial charge in [0.05, 0.1) is 23.8 Å². The summed E-state index contributed by atoms with van der Waals surface area (Å²) in [6.45, 7) is 4.81. The second kappa shape index (κ2) is 6.39. The number of nitrogens with zero attached hydrogens (tertiary/aromatic N) is 1. The number of hydrogen-bond donors (Lipinski definition) is 2. The fourth-order valence-electron chi connectivity index (χ4n) is 5.03. The number of amides is 1. The molecule has 0 unspecified atom stereocenters. The second-order valence-electron chi connectivity index (χ2n) is 8.18. The first kappa shape index (κ1) is 16.3. The lowest BCUT2D eigenvalue weighted by atomic mass is 9.95. The Kier molecular flexibility index (Phi) is 4.02. The van der Waals surface area contributed by atoms with Crippen molar-refractivity contribution in [2.24, 2.45) is 0 Å². The van der Waals surface area contributed by atoms with Gasteiger partial charge in [-0.3, -0.25) is 9.69 Å². The van der Waals surface area contributed by atoms with E-state index in [-0.39, 0.29) is 11.9 Å². The van der Waals surface area contributed by atoms with Crippen molar-refractivity contribution in [1.82, 2.24) is 15.2 Å². The van der Waals surface area contributed by atoms with Crippen molar-refractivity contribution in [3.8, 4) is 0 Å². The number of carbonyl (C=O) groups is 1. The smallest absolute Gasteiger partial charge is 0.253 e. The highest BCUT2D eigenvalue weighted by Crippen LogP contribution is 2.31. The molecular weight excluding hydrogens is 326 g/mol. The summed E-state index contributed by atoms with van der Waals surface area (Å²) in [7, 11) is 0. The van der Waals surface area contributed by atoms with Crippen LogP contribution < -0.4 is 5.32 Å². The Balaban J connectivity index is 1.37. The number of aromatic nitrogens is 1. The van der Waals surface area contributed by atoms with E-state index in [2.05, 4.69) is 28.2 Å². The molecule has 138 valence electrons. The molecule has 26 heavy (non-hydrogen) atoms. The van der Waals surface area contributed by atoms with E-state index in [1.807, 2.05) is 12.1 Å². The first-order valence-electron chi connectivity index (χ1n) is 9.98. The molecule has 2 N–H and O–H groups in total. The van der Waals surface area contributed by atoms with E-state index < -0.39 is 0 Å². The summed E-state index contributed by atoms with van der Waals surface area (Å²) in [6, 6.07) is 6.79. The van der Waals surface area contributed by atoms with Gasteiger partial charge in [0.2, 0.25) is 0 Å². The van der Waals surface area contributed by atoms with E-state index in [1.54, 1.807) is 0 Å². The number of ether oxygens (including phenoxy) is 1. The van der Waals surface area contributed by atoms with Crippen molar-refractivity contribution in [3.05, 3.63) is 35.0 Å². The summed E-state index contributed by atoms with van der Waals surface area (Å²) < 4.78 is 5.77. The van der Waals surface area contributed by atoms with Gasteiger partial charge in [-0.25, -0.2) is 0 Å². The maximum atomic E-state index is 13.0. The van der Waals surface area contributed by atoms with Crippen LogP contribution in [0.25, 0.3) is 10.9 Å². The third-order valence-corrected chi connectivity index (χ3v) is 6.31. The van der Waals surface area contributed by atoms with Crippen molar-refractivity contribution in [2.75, 3.05) is 19.7 Å². The molecule has 2 aromatic rings. The molecular formula is C21H27N3O2. The molecule has 5 rings (SSSR count). The number of benzene rings is 1. The van der Waals surface area contributed by atoms with Gasteiger partial charge in [0.15, 0.2) is 0 Å².